The largest absolute Gasteiger partial charge is 0.493 e. The van der Waals surface area contributed by atoms with E-state index in [9.17, 15) is 9.59 Å². The Labute approximate surface area is 168 Å². The third-order valence-corrected chi connectivity index (χ3v) is 6.73. The SMILES string of the molecule is COc1ccc2c(c1OC)C(=O)N1C(C(=O)NCCN3CCOCC3)CSC21. The van der Waals surface area contributed by atoms with E-state index in [0.29, 0.717) is 29.4 Å². The van der Waals surface area contributed by atoms with Crippen LogP contribution in [0.15, 0.2) is 12.1 Å². The summed E-state index contributed by atoms with van der Waals surface area (Å²) in [5.74, 6) is 1.27. The zero-order chi connectivity index (χ0) is 19.7. The third-order valence-electron chi connectivity index (χ3n) is 5.43. The van der Waals surface area contributed by atoms with E-state index in [4.69, 9.17) is 14.2 Å². The van der Waals surface area contributed by atoms with Crippen LogP contribution in [0.25, 0.3) is 0 Å². The summed E-state index contributed by atoms with van der Waals surface area (Å²) in [5, 5.41) is 2.84. The molecule has 0 spiro atoms. The fraction of sp³-hybridized carbons (Fsp3) is 0.579. The summed E-state index contributed by atoms with van der Waals surface area (Å²) in [6.45, 7) is 4.60. The molecule has 0 aromatic heterocycles. The van der Waals surface area contributed by atoms with E-state index in [-0.39, 0.29) is 17.2 Å². The van der Waals surface area contributed by atoms with Gasteiger partial charge in [-0.3, -0.25) is 14.5 Å². The van der Waals surface area contributed by atoms with Crippen LogP contribution in [0.3, 0.4) is 0 Å². The topological polar surface area (TPSA) is 80.3 Å². The number of nitrogens with zero attached hydrogens (tertiary/aromatic N) is 2. The summed E-state index contributed by atoms with van der Waals surface area (Å²) < 4.78 is 16.1. The first-order chi connectivity index (χ1) is 13.7. The second-order valence-electron chi connectivity index (χ2n) is 6.92. The Hall–Kier alpha value is -1.97. The molecule has 28 heavy (non-hydrogen) atoms. The predicted molar refractivity (Wildman–Crippen MR) is 105 cm³/mol. The number of hydrogen-bond acceptors (Lipinski definition) is 7. The van der Waals surface area contributed by atoms with Crippen LogP contribution in [0.2, 0.25) is 0 Å². The fourth-order valence-corrected chi connectivity index (χ4v) is 5.43. The molecule has 3 aliphatic heterocycles. The Bertz CT molecular complexity index is 768. The number of benzene rings is 1. The molecule has 9 heteroatoms. The number of methoxy groups -OCH3 is 2. The lowest BCUT2D eigenvalue weighted by molar-refractivity contribution is -0.124. The van der Waals surface area contributed by atoms with Crippen LogP contribution >= 0.6 is 11.8 Å². The maximum absolute atomic E-state index is 13.1. The molecule has 2 atom stereocenters. The summed E-state index contributed by atoms with van der Waals surface area (Å²) in [4.78, 5) is 29.9. The van der Waals surface area contributed by atoms with E-state index in [1.54, 1.807) is 23.8 Å². The Balaban J connectivity index is 1.44. The quantitative estimate of drug-likeness (QED) is 0.744. The smallest absolute Gasteiger partial charge is 0.260 e. The van der Waals surface area contributed by atoms with Gasteiger partial charge in [-0.05, 0) is 6.07 Å². The number of nitrogens with one attached hydrogen (secondary N) is 1. The Kier molecular flexibility index (Phi) is 5.65. The van der Waals surface area contributed by atoms with Crippen molar-refractivity contribution in [3.63, 3.8) is 0 Å². The average molecular weight is 407 g/mol. The monoisotopic (exact) mass is 407 g/mol. The van der Waals surface area contributed by atoms with Crippen LogP contribution in [0, 0.1) is 0 Å². The molecule has 3 heterocycles. The van der Waals surface area contributed by atoms with E-state index in [1.165, 1.54) is 7.11 Å². The minimum Gasteiger partial charge on any atom is -0.493 e. The van der Waals surface area contributed by atoms with Gasteiger partial charge in [0.2, 0.25) is 5.91 Å². The highest BCUT2D eigenvalue weighted by Gasteiger charge is 2.50. The number of fused-ring (bicyclic) bond motifs is 3. The van der Waals surface area contributed by atoms with Gasteiger partial charge in [0.05, 0.1) is 33.0 Å². The number of thioether (sulfide) groups is 1. The van der Waals surface area contributed by atoms with Gasteiger partial charge in [-0.25, -0.2) is 0 Å². The van der Waals surface area contributed by atoms with Crippen LogP contribution in [0.5, 0.6) is 11.5 Å². The lowest BCUT2D eigenvalue weighted by Crippen LogP contribution is -2.48. The standard InChI is InChI=1S/C19H25N3O5S/c1-25-14-4-3-12-15(16(14)26-2)18(24)22-13(11-28-19(12)22)17(23)20-5-6-21-7-9-27-10-8-21/h3-4,13,19H,5-11H2,1-2H3,(H,20,23). The molecule has 0 aliphatic carbocycles. The minimum absolute atomic E-state index is 0.102. The molecule has 2 fully saturated rings. The lowest BCUT2D eigenvalue weighted by atomic mass is 10.1. The van der Waals surface area contributed by atoms with E-state index in [2.05, 4.69) is 10.2 Å². The first kappa shape index (κ1) is 19.4. The van der Waals surface area contributed by atoms with E-state index in [0.717, 1.165) is 38.4 Å². The highest BCUT2D eigenvalue weighted by atomic mass is 32.2. The predicted octanol–water partition coefficient (Wildman–Crippen LogP) is 0.722. The molecule has 0 radical (unpaired) electrons. The van der Waals surface area contributed by atoms with Crippen molar-refractivity contribution >= 4 is 23.6 Å². The van der Waals surface area contributed by atoms with Crippen LogP contribution in [0.4, 0.5) is 0 Å². The van der Waals surface area contributed by atoms with Crippen molar-refractivity contribution in [2.24, 2.45) is 0 Å². The molecule has 0 bridgehead atoms. The summed E-state index contributed by atoms with van der Waals surface area (Å²) in [6.07, 6.45) is 0. The van der Waals surface area contributed by atoms with Gasteiger partial charge in [-0.1, -0.05) is 6.07 Å². The lowest BCUT2D eigenvalue weighted by Gasteiger charge is -2.27. The highest BCUT2D eigenvalue weighted by Crippen LogP contribution is 2.52. The second-order valence-corrected chi connectivity index (χ2v) is 8.04. The van der Waals surface area contributed by atoms with Crippen LogP contribution in [0.1, 0.15) is 21.3 Å². The third kappa shape index (κ3) is 3.31. The molecule has 2 unspecified atom stereocenters. The zero-order valence-corrected chi connectivity index (χ0v) is 16.9. The Morgan fingerprint density at radius 3 is 2.79 bits per heavy atom. The van der Waals surface area contributed by atoms with Crippen LogP contribution < -0.4 is 14.8 Å². The van der Waals surface area contributed by atoms with Gasteiger partial charge in [-0.2, -0.15) is 0 Å². The first-order valence-corrected chi connectivity index (χ1v) is 10.5. The zero-order valence-electron chi connectivity index (χ0n) is 16.1. The number of rotatable bonds is 6. The van der Waals surface area contributed by atoms with Crippen molar-refractivity contribution in [2.75, 3.05) is 59.4 Å². The van der Waals surface area contributed by atoms with Gasteiger partial charge in [0, 0.05) is 37.5 Å². The summed E-state index contributed by atoms with van der Waals surface area (Å²) >= 11 is 1.61. The van der Waals surface area contributed by atoms with Crippen molar-refractivity contribution in [3.05, 3.63) is 23.3 Å². The van der Waals surface area contributed by atoms with Crippen molar-refractivity contribution in [3.8, 4) is 11.5 Å². The molecule has 4 rings (SSSR count). The summed E-state index contributed by atoms with van der Waals surface area (Å²) in [7, 11) is 3.07. The van der Waals surface area contributed by atoms with Crippen molar-refractivity contribution < 1.29 is 23.8 Å². The normalized spacial score (nSPS) is 24.1. The molecule has 0 saturated carbocycles. The number of hydrogen-bond donors (Lipinski definition) is 1. The maximum Gasteiger partial charge on any atom is 0.260 e. The molecule has 2 amide bonds. The van der Waals surface area contributed by atoms with Crippen molar-refractivity contribution in [1.29, 1.82) is 0 Å². The van der Waals surface area contributed by atoms with Gasteiger partial charge in [0.1, 0.15) is 11.4 Å². The molecule has 3 aliphatic rings. The number of ether oxygens (including phenoxy) is 3. The molecule has 1 aromatic carbocycles. The van der Waals surface area contributed by atoms with Gasteiger partial charge < -0.3 is 24.4 Å². The Morgan fingerprint density at radius 2 is 2.07 bits per heavy atom. The molecular formula is C19H25N3O5S. The number of morpholine rings is 1. The second kappa shape index (κ2) is 8.18. The maximum atomic E-state index is 13.1. The van der Waals surface area contributed by atoms with E-state index in [1.807, 2.05) is 12.1 Å². The van der Waals surface area contributed by atoms with E-state index >= 15 is 0 Å². The molecular weight excluding hydrogens is 382 g/mol. The molecule has 8 nitrogen and oxygen atoms in total. The van der Waals surface area contributed by atoms with Crippen LogP contribution in [-0.2, 0) is 9.53 Å². The highest BCUT2D eigenvalue weighted by molar-refractivity contribution is 7.99. The molecule has 1 N–H and O–H groups in total. The van der Waals surface area contributed by atoms with Gasteiger partial charge in [0.15, 0.2) is 11.5 Å². The summed E-state index contributed by atoms with van der Waals surface area (Å²) in [6, 6.07) is 3.23. The number of carbonyl (C=O) groups is 2. The average Bonchev–Trinajstić information content (AvgIpc) is 3.28. The van der Waals surface area contributed by atoms with Crippen molar-refractivity contribution in [1.82, 2.24) is 15.1 Å². The van der Waals surface area contributed by atoms with E-state index < -0.39 is 6.04 Å². The van der Waals surface area contributed by atoms with Gasteiger partial charge >= 0.3 is 0 Å². The Morgan fingerprint density at radius 1 is 1.29 bits per heavy atom. The van der Waals surface area contributed by atoms with Crippen LogP contribution in [-0.4, -0.2) is 87.0 Å². The minimum atomic E-state index is -0.477. The van der Waals surface area contributed by atoms with Crippen molar-refractivity contribution in [2.45, 2.75) is 11.4 Å². The fourth-order valence-electron chi connectivity index (χ4n) is 3.97. The van der Waals surface area contributed by atoms with Gasteiger partial charge in [0.25, 0.3) is 5.91 Å². The number of amides is 2. The van der Waals surface area contributed by atoms with Gasteiger partial charge in [-0.15, -0.1) is 11.8 Å². The number of carbonyl (C=O) groups excluding carboxylic acids is 2. The molecule has 2 saturated heterocycles. The molecule has 1 aromatic rings. The summed E-state index contributed by atoms with van der Waals surface area (Å²) in [5.41, 5.74) is 1.39. The molecule has 152 valence electrons. The first-order valence-electron chi connectivity index (χ1n) is 9.42.